The number of aliphatic hydroxyl groups excluding tert-OH is 1. The van der Waals surface area contributed by atoms with Crippen molar-refractivity contribution >= 4 is 5.91 Å². The summed E-state index contributed by atoms with van der Waals surface area (Å²) in [6.07, 6.45) is 5.06. The third kappa shape index (κ3) is 1.72. The van der Waals surface area contributed by atoms with Crippen molar-refractivity contribution in [2.45, 2.75) is 31.4 Å². The van der Waals surface area contributed by atoms with Gasteiger partial charge in [-0.15, -0.1) is 0 Å². The molecule has 98 valence electrons. The van der Waals surface area contributed by atoms with Crippen molar-refractivity contribution < 1.29 is 14.6 Å². The smallest absolute Gasteiger partial charge is 0.287 e. The van der Waals surface area contributed by atoms with E-state index >= 15 is 0 Å². The summed E-state index contributed by atoms with van der Waals surface area (Å²) in [5, 5.41) is 13.0. The lowest BCUT2D eigenvalue weighted by atomic mass is 9.58. The van der Waals surface area contributed by atoms with E-state index in [2.05, 4.69) is 15.3 Å². The molecule has 2 atom stereocenters. The zero-order valence-electron chi connectivity index (χ0n) is 10.1. The van der Waals surface area contributed by atoms with Gasteiger partial charge in [0.05, 0.1) is 6.10 Å². The maximum Gasteiger partial charge on any atom is 0.287 e. The van der Waals surface area contributed by atoms with Crippen LogP contribution in [0.3, 0.4) is 0 Å². The Morgan fingerprint density at radius 3 is 2.94 bits per heavy atom. The summed E-state index contributed by atoms with van der Waals surface area (Å²) < 4.78 is 5.33. The van der Waals surface area contributed by atoms with E-state index in [1.54, 1.807) is 12.4 Å². The number of H-pyrrole nitrogens is 1. The standard InChI is InChI=1S/C12H17N3O3/c16-9-7-8(12(9)1-5-18-6-2-12)15-11(17)10-13-3-4-14-10/h3-4,8-9,16H,1-2,5-7H2,(H,13,14)(H,15,17)/t8-,9-/m1/s1. The van der Waals surface area contributed by atoms with E-state index in [4.69, 9.17) is 4.74 Å². The van der Waals surface area contributed by atoms with Crippen LogP contribution in [-0.2, 0) is 4.74 Å². The first kappa shape index (κ1) is 11.7. The molecular formula is C12H17N3O3. The average Bonchev–Trinajstić information content (AvgIpc) is 2.93. The van der Waals surface area contributed by atoms with Crippen LogP contribution >= 0.6 is 0 Å². The van der Waals surface area contributed by atoms with Crippen LogP contribution in [0.2, 0.25) is 0 Å². The van der Waals surface area contributed by atoms with Gasteiger partial charge in [0.25, 0.3) is 5.91 Å². The van der Waals surface area contributed by atoms with E-state index in [0.29, 0.717) is 25.5 Å². The molecule has 0 radical (unpaired) electrons. The highest BCUT2D eigenvalue weighted by Gasteiger charge is 2.55. The Labute approximate surface area is 105 Å². The second-order valence-corrected chi connectivity index (χ2v) is 5.06. The van der Waals surface area contributed by atoms with Crippen molar-refractivity contribution in [1.82, 2.24) is 15.3 Å². The van der Waals surface area contributed by atoms with Gasteiger partial charge in [0, 0.05) is 37.1 Å². The van der Waals surface area contributed by atoms with Crippen LogP contribution in [0.5, 0.6) is 0 Å². The third-order valence-corrected chi connectivity index (χ3v) is 4.26. The minimum atomic E-state index is -0.330. The van der Waals surface area contributed by atoms with E-state index in [1.807, 2.05) is 0 Å². The van der Waals surface area contributed by atoms with Crippen LogP contribution in [0.25, 0.3) is 0 Å². The van der Waals surface area contributed by atoms with E-state index in [0.717, 1.165) is 12.8 Å². The Balaban J connectivity index is 1.68. The quantitative estimate of drug-likeness (QED) is 0.694. The normalized spacial score (nSPS) is 29.8. The summed E-state index contributed by atoms with van der Waals surface area (Å²) in [7, 11) is 0. The van der Waals surface area contributed by atoms with Crippen LogP contribution in [0.1, 0.15) is 29.9 Å². The summed E-state index contributed by atoms with van der Waals surface area (Å²) in [5.41, 5.74) is -0.194. The lowest BCUT2D eigenvalue weighted by molar-refractivity contribution is -0.145. The largest absolute Gasteiger partial charge is 0.392 e. The van der Waals surface area contributed by atoms with E-state index in [9.17, 15) is 9.90 Å². The zero-order valence-corrected chi connectivity index (χ0v) is 10.1. The van der Waals surface area contributed by atoms with Crippen LogP contribution in [0.4, 0.5) is 0 Å². The fourth-order valence-electron chi connectivity index (χ4n) is 3.02. The second-order valence-electron chi connectivity index (χ2n) is 5.06. The monoisotopic (exact) mass is 251 g/mol. The molecule has 1 aromatic heterocycles. The van der Waals surface area contributed by atoms with Crippen molar-refractivity contribution in [2.75, 3.05) is 13.2 Å². The van der Waals surface area contributed by atoms with Gasteiger partial charge in [-0.25, -0.2) is 4.98 Å². The molecule has 0 aromatic carbocycles. The third-order valence-electron chi connectivity index (χ3n) is 4.26. The summed E-state index contributed by atoms with van der Waals surface area (Å²) >= 11 is 0. The van der Waals surface area contributed by atoms with Gasteiger partial charge >= 0.3 is 0 Å². The number of nitrogens with one attached hydrogen (secondary N) is 2. The number of imidazole rings is 1. The number of carbonyl (C=O) groups excluding carboxylic acids is 1. The molecule has 3 N–H and O–H groups in total. The number of hydrogen-bond donors (Lipinski definition) is 3. The van der Waals surface area contributed by atoms with E-state index in [1.165, 1.54) is 0 Å². The van der Waals surface area contributed by atoms with Crippen molar-refractivity contribution in [3.63, 3.8) is 0 Å². The topological polar surface area (TPSA) is 87.2 Å². The molecule has 2 heterocycles. The lowest BCUT2D eigenvalue weighted by Crippen LogP contribution is -2.65. The Morgan fingerprint density at radius 2 is 2.33 bits per heavy atom. The Bertz CT molecular complexity index is 426. The molecule has 2 aliphatic rings. The first-order chi connectivity index (χ1) is 8.72. The molecule has 18 heavy (non-hydrogen) atoms. The predicted octanol–water partition coefficient (Wildman–Crippen LogP) is 0.0695. The summed E-state index contributed by atoms with van der Waals surface area (Å²) in [5.74, 6) is 0.112. The number of amides is 1. The SMILES string of the molecule is O=C(N[C@@H]1C[C@@H](O)C12CCOCC2)c1ncc[nH]1. The van der Waals surface area contributed by atoms with Gasteiger partial charge in [-0.1, -0.05) is 0 Å². The molecule has 6 nitrogen and oxygen atoms in total. The molecule has 1 amide bonds. The Hall–Kier alpha value is -1.40. The number of aromatic amines is 1. The molecule has 1 aliphatic heterocycles. The summed E-state index contributed by atoms with van der Waals surface area (Å²) in [6, 6.07) is 0.0222. The van der Waals surface area contributed by atoms with Gasteiger partial charge in [0.15, 0.2) is 5.82 Å². The minimum Gasteiger partial charge on any atom is -0.392 e. The van der Waals surface area contributed by atoms with E-state index in [-0.39, 0.29) is 23.5 Å². The Morgan fingerprint density at radius 1 is 1.56 bits per heavy atom. The molecule has 0 bridgehead atoms. The molecule has 1 aliphatic carbocycles. The number of ether oxygens (including phenoxy) is 1. The van der Waals surface area contributed by atoms with E-state index < -0.39 is 0 Å². The molecule has 6 heteroatoms. The first-order valence-corrected chi connectivity index (χ1v) is 6.28. The highest BCUT2D eigenvalue weighted by atomic mass is 16.5. The van der Waals surface area contributed by atoms with Crippen molar-refractivity contribution in [2.24, 2.45) is 5.41 Å². The number of rotatable bonds is 2. The molecule has 2 fully saturated rings. The predicted molar refractivity (Wildman–Crippen MR) is 63.0 cm³/mol. The summed E-state index contributed by atoms with van der Waals surface area (Å²) in [4.78, 5) is 18.6. The van der Waals surface area contributed by atoms with Crippen molar-refractivity contribution in [3.05, 3.63) is 18.2 Å². The van der Waals surface area contributed by atoms with Crippen molar-refractivity contribution in [3.8, 4) is 0 Å². The van der Waals surface area contributed by atoms with Gasteiger partial charge in [-0.3, -0.25) is 4.79 Å². The number of aromatic nitrogens is 2. The van der Waals surface area contributed by atoms with Crippen molar-refractivity contribution in [1.29, 1.82) is 0 Å². The molecule has 3 rings (SSSR count). The fraction of sp³-hybridized carbons (Fsp3) is 0.667. The fourth-order valence-corrected chi connectivity index (χ4v) is 3.02. The molecule has 1 aromatic rings. The van der Waals surface area contributed by atoms with Gasteiger partial charge in [0.1, 0.15) is 0 Å². The first-order valence-electron chi connectivity index (χ1n) is 6.28. The van der Waals surface area contributed by atoms with Gasteiger partial charge in [-0.2, -0.15) is 0 Å². The zero-order chi connectivity index (χ0) is 12.6. The number of nitrogens with zero attached hydrogens (tertiary/aromatic N) is 1. The highest BCUT2D eigenvalue weighted by molar-refractivity contribution is 5.90. The Kier molecular flexibility index (Phi) is 2.83. The van der Waals surface area contributed by atoms with Crippen LogP contribution in [0, 0.1) is 5.41 Å². The lowest BCUT2D eigenvalue weighted by Gasteiger charge is -2.55. The minimum absolute atomic E-state index is 0.0222. The molecule has 1 spiro atoms. The number of aliphatic hydroxyl groups is 1. The molecule has 0 unspecified atom stereocenters. The molecular weight excluding hydrogens is 234 g/mol. The van der Waals surface area contributed by atoms with Gasteiger partial charge < -0.3 is 20.1 Å². The number of carbonyl (C=O) groups is 1. The number of hydrogen-bond acceptors (Lipinski definition) is 4. The van der Waals surface area contributed by atoms with Gasteiger partial charge in [-0.05, 0) is 19.3 Å². The van der Waals surface area contributed by atoms with Gasteiger partial charge in [0.2, 0.25) is 0 Å². The summed E-state index contributed by atoms with van der Waals surface area (Å²) in [6.45, 7) is 1.31. The average molecular weight is 251 g/mol. The maximum atomic E-state index is 11.9. The molecule has 1 saturated heterocycles. The molecule has 1 saturated carbocycles. The highest BCUT2D eigenvalue weighted by Crippen LogP contribution is 2.48. The van der Waals surface area contributed by atoms with Crippen LogP contribution in [0.15, 0.2) is 12.4 Å². The van der Waals surface area contributed by atoms with Crippen LogP contribution < -0.4 is 5.32 Å². The van der Waals surface area contributed by atoms with Crippen LogP contribution in [-0.4, -0.2) is 46.3 Å². The maximum absolute atomic E-state index is 11.9. The second kappa shape index (κ2) is 4.37.